The van der Waals surface area contributed by atoms with Gasteiger partial charge < -0.3 is 14.5 Å². The predicted molar refractivity (Wildman–Crippen MR) is 68.9 cm³/mol. The molecule has 4 heteroatoms. The Morgan fingerprint density at radius 3 is 2.71 bits per heavy atom. The summed E-state index contributed by atoms with van der Waals surface area (Å²) in [6.07, 6.45) is 6.01. The largest absolute Gasteiger partial charge is 0.348 e. The molecule has 0 aliphatic heterocycles. The summed E-state index contributed by atoms with van der Waals surface area (Å²) in [6, 6.07) is 4.65. The van der Waals surface area contributed by atoms with Gasteiger partial charge >= 0.3 is 0 Å². The molecule has 0 aromatic carbocycles. The summed E-state index contributed by atoms with van der Waals surface area (Å²) in [6.45, 7) is 6.15. The van der Waals surface area contributed by atoms with Crippen molar-refractivity contribution < 1.29 is 0 Å². The molecular weight excluding hydrogens is 212 g/mol. The normalized spacial score (nSPS) is 12.9. The van der Waals surface area contributed by atoms with Crippen LogP contribution in [0.2, 0.25) is 0 Å². The van der Waals surface area contributed by atoms with Crippen LogP contribution in [-0.2, 0) is 13.1 Å². The molecule has 0 aliphatic carbocycles. The maximum absolute atomic E-state index is 4.23. The highest BCUT2D eigenvalue weighted by atomic mass is 15.1. The number of imidazole rings is 1. The number of aryl methyl sites for hydroxylation is 3. The van der Waals surface area contributed by atoms with Crippen molar-refractivity contribution in [3.63, 3.8) is 0 Å². The van der Waals surface area contributed by atoms with E-state index in [0.29, 0.717) is 6.04 Å². The van der Waals surface area contributed by atoms with E-state index in [9.17, 15) is 0 Å². The van der Waals surface area contributed by atoms with Crippen molar-refractivity contribution in [1.82, 2.24) is 19.4 Å². The average molecular weight is 232 g/mol. The predicted octanol–water partition coefficient (Wildman–Crippen LogP) is 1.97. The van der Waals surface area contributed by atoms with Crippen LogP contribution >= 0.6 is 0 Å². The van der Waals surface area contributed by atoms with Gasteiger partial charge in [-0.3, -0.25) is 0 Å². The van der Waals surface area contributed by atoms with E-state index in [2.05, 4.69) is 44.7 Å². The van der Waals surface area contributed by atoms with E-state index in [1.54, 1.807) is 0 Å². The Morgan fingerprint density at radius 1 is 1.29 bits per heavy atom. The summed E-state index contributed by atoms with van der Waals surface area (Å²) in [7, 11) is 1.99. The van der Waals surface area contributed by atoms with E-state index >= 15 is 0 Å². The van der Waals surface area contributed by atoms with Crippen LogP contribution in [0.1, 0.15) is 24.5 Å². The molecule has 0 bridgehead atoms. The molecule has 0 radical (unpaired) electrons. The highest BCUT2D eigenvalue weighted by Crippen LogP contribution is 2.13. The first kappa shape index (κ1) is 11.9. The molecule has 0 amide bonds. The van der Waals surface area contributed by atoms with Crippen molar-refractivity contribution in [3.05, 3.63) is 42.2 Å². The van der Waals surface area contributed by atoms with Crippen LogP contribution in [0.15, 0.2) is 30.7 Å². The third kappa shape index (κ3) is 2.58. The van der Waals surface area contributed by atoms with Gasteiger partial charge in [-0.15, -0.1) is 0 Å². The van der Waals surface area contributed by atoms with Gasteiger partial charge in [-0.25, -0.2) is 4.98 Å². The molecule has 0 fully saturated rings. The average Bonchev–Trinajstić information content (AvgIpc) is 2.94. The molecular formula is C13H20N4. The van der Waals surface area contributed by atoms with Crippen molar-refractivity contribution >= 4 is 0 Å². The first-order valence-corrected chi connectivity index (χ1v) is 6.02. The molecule has 1 atom stereocenters. The number of hydrogen-bond acceptors (Lipinski definition) is 2. The van der Waals surface area contributed by atoms with Gasteiger partial charge in [0, 0.05) is 43.4 Å². The smallest absolute Gasteiger partial charge is 0.105 e. The Kier molecular flexibility index (Phi) is 3.64. The summed E-state index contributed by atoms with van der Waals surface area (Å²) >= 11 is 0. The Morgan fingerprint density at radius 2 is 2.06 bits per heavy atom. The topological polar surface area (TPSA) is 34.8 Å². The molecule has 2 heterocycles. The summed E-state index contributed by atoms with van der Waals surface area (Å²) in [4.78, 5) is 4.23. The number of nitrogens with one attached hydrogen (secondary N) is 1. The molecule has 17 heavy (non-hydrogen) atoms. The van der Waals surface area contributed by atoms with E-state index < -0.39 is 0 Å². The van der Waals surface area contributed by atoms with Crippen LogP contribution < -0.4 is 5.32 Å². The highest BCUT2D eigenvalue weighted by Gasteiger charge is 2.07. The molecule has 1 unspecified atom stereocenters. The van der Waals surface area contributed by atoms with Gasteiger partial charge in [0.05, 0.1) is 0 Å². The van der Waals surface area contributed by atoms with Crippen LogP contribution in [-0.4, -0.2) is 21.2 Å². The van der Waals surface area contributed by atoms with Crippen molar-refractivity contribution in [3.8, 4) is 0 Å². The Hall–Kier alpha value is -1.55. The van der Waals surface area contributed by atoms with E-state index in [0.717, 1.165) is 18.9 Å². The summed E-state index contributed by atoms with van der Waals surface area (Å²) < 4.78 is 4.47. The van der Waals surface area contributed by atoms with E-state index in [1.165, 1.54) is 5.69 Å². The second-order valence-electron chi connectivity index (χ2n) is 4.30. The van der Waals surface area contributed by atoms with Crippen LogP contribution in [0.3, 0.4) is 0 Å². The highest BCUT2D eigenvalue weighted by molar-refractivity contribution is 5.11. The Labute approximate surface area is 102 Å². The zero-order chi connectivity index (χ0) is 12.3. The van der Waals surface area contributed by atoms with Gasteiger partial charge in [-0.1, -0.05) is 0 Å². The lowest BCUT2D eigenvalue weighted by Gasteiger charge is -2.15. The lowest BCUT2D eigenvalue weighted by molar-refractivity contribution is 0.521. The molecule has 2 aromatic rings. The minimum absolute atomic E-state index is 0.383. The van der Waals surface area contributed by atoms with Crippen LogP contribution in [0.5, 0.6) is 0 Å². The number of rotatable bonds is 5. The fourth-order valence-corrected chi connectivity index (χ4v) is 2.03. The monoisotopic (exact) mass is 232 g/mol. The van der Waals surface area contributed by atoms with Gasteiger partial charge in [-0.05, 0) is 33.0 Å². The van der Waals surface area contributed by atoms with E-state index in [1.807, 2.05) is 26.4 Å². The maximum atomic E-state index is 4.23. The quantitative estimate of drug-likeness (QED) is 0.855. The third-order valence-corrected chi connectivity index (χ3v) is 3.25. The number of hydrogen-bond donors (Lipinski definition) is 1. The molecule has 2 rings (SSSR count). The first-order chi connectivity index (χ1) is 8.22. The summed E-state index contributed by atoms with van der Waals surface area (Å²) in [5.74, 6) is 1.07. The van der Waals surface area contributed by atoms with Gasteiger partial charge in [-0.2, -0.15) is 0 Å². The van der Waals surface area contributed by atoms with E-state index in [4.69, 9.17) is 0 Å². The van der Waals surface area contributed by atoms with Crippen LogP contribution in [0, 0.1) is 6.92 Å². The minimum Gasteiger partial charge on any atom is -0.348 e. The number of nitrogens with zero attached hydrogens (tertiary/aromatic N) is 3. The van der Waals surface area contributed by atoms with Gasteiger partial charge in [0.15, 0.2) is 0 Å². The molecule has 0 saturated carbocycles. The molecule has 4 nitrogen and oxygen atoms in total. The van der Waals surface area contributed by atoms with Crippen molar-refractivity contribution in [2.75, 3.05) is 7.05 Å². The molecule has 0 aliphatic rings. The van der Waals surface area contributed by atoms with Crippen molar-refractivity contribution in [2.45, 2.75) is 33.0 Å². The zero-order valence-corrected chi connectivity index (χ0v) is 10.7. The maximum Gasteiger partial charge on any atom is 0.105 e. The van der Waals surface area contributed by atoms with Gasteiger partial charge in [0.2, 0.25) is 0 Å². The number of aromatic nitrogens is 3. The summed E-state index contributed by atoms with van der Waals surface area (Å²) in [5, 5.41) is 3.27. The van der Waals surface area contributed by atoms with Crippen molar-refractivity contribution in [1.29, 1.82) is 0 Å². The van der Waals surface area contributed by atoms with E-state index in [-0.39, 0.29) is 0 Å². The Bertz CT molecular complexity index is 469. The minimum atomic E-state index is 0.383. The lowest BCUT2D eigenvalue weighted by Crippen LogP contribution is -2.18. The lowest BCUT2D eigenvalue weighted by atomic mass is 10.2. The second kappa shape index (κ2) is 5.19. The molecule has 92 valence electrons. The fourth-order valence-electron chi connectivity index (χ4n) is 2.03. The third-order valence-electron chi connectivity index (χ3n) is 3.25. The second-order valence-corrected chi connectivity index (χ2v) is 4.30. The van der Waals surface area contributed by atoms with Crippen LogP contribution in [0.4, 0.5) is 0 Å². The fraction of sp³-hybridized carbons (Fsp3) is 0.462. The molecule has 0 saturated heterocycles. The Balaban J connectivity index is 2.04. The van der Waals surface area contributed by atoms with Crippen LogP contribution in [0.25, 0.3) is 0 Å². The summed E-state index contributed by atoms with van der Waals surface area (Å²) in [5.41, 5.74) is 1.32. The van der Waals surface area contributed by atoms with Gasteiger partial charge in [0.25, 0.3) is 0 Å². The zero-order valence-electron chi connectivity index (χ0n) is 10.7. The molecule has 2 aromatic heterocycles. The molecule has 1 N–H and O–H groups in total. The first-order valence-electron chi connectivity index (χ1n) is 6.02. The SMILES string of the molecule is CNC(C)c1cccn1CCn1ccnc1C. The standard InChI is InChI=1S/C13H20N4/c1-11(14-3)13-5-4-7-17(13)10-9-16-8-6-15-12(16)2/h4-8,11,14H,9-10H2,1-3H3. The molecule has 0 spiro atoms. The van der Waals surface area contributed by atoms with Crippen molar-refractivity contribution in [2.24, 2.45) is 0 Å². The van der Waals surface area contributed by atoms with Gasteiger partial charge in [0.1, 0.15) is 5.82 Å².